The molecule has 0 fully saturated rings. The lowest BCUT2D eigenvalue weighted by Crippen LogP contribution is -2.25. The molecule has 0 aliphatic heterocycles. The van der Waals surface area contributed by atoms with E-state index in [2.05, 4.69) is 15.3 Å². The van der Waals surface area contributed by atoms with E-state index in [0.717, 1.165) is 0 Å². The van der Waals surface area contributed by atoms with Crippen LogP contribution in [-0.2, 0) is 4.79 Å². The molecular weight excluding hydrogens is 262 g/mol. The van der Waals surface area contributed by atoms with E-state index >= 15 is 0 Å². The van der Waals surface area contributed by atoms with Gasteiger partial charge in [0.05, 0.1) is 11.9 Å². The van der Waals surface area contributed by atoms with E-state index in [1.807, 2.05) is 0 Å². The number of anilines is 1. The summed E-state index contributed by atoms with van der Waals surface area (Å²) in [5, 5.41) is 2.58. The van der Waals surface area contributed by atoms with Crippen LogP contribution in [0.3, 0.4) is 0 Å². The molecule has 0 spiro atoms. The number of aliphatic imine (C=N–C) groups is 1. The normalized spacial score (nSPS) is 8.53. The molecule has 1 heterocycles. The lowest BCUT2D eigenvalue weighted by atomic mass is 10.4. The zero-order valence-corrected chi connectivity index (χ0v) is 9.60. The summed E-state index contributed by atoms with van der Waals surface area (Å²) in [7, 11) is 0. The highest BCUT2D eigenvalue weighted by Crippen LogP contribution is 2.01. The number of hydrogen-bond acceptors (Lipinski definition) is 3. The molecule has 7 heteroatoms. The van der Waals surface area contributed by atoms with Gasteiger partial charge in [-0.2, -0.15) is 0 Å². The Kier molecular flexibility index (Phi) is 6.03. The number of carbonyl (C=O) groups is 1. The topological polar surface area (TPSA) is 106 Å². The molecule has 1 amide bonds. The van der Waals surface area contributed by atoms with Crippen LogP contribution >= 0.6 is 17.0 Å². The van der Waals surface area contributed by atoms with Crippen LogP contribution in [0.4, 0.5) is 5.69 Å². The van der Waals surface area contributed by atoms with Crippen LogP contribution in [0.15, 0.2) is 29.5 Å². The smallest absolute Gasteiger partial charge is 0.246 e. The van der Waals surface area contributed by atoms with E-state index in [1.165, 1.54) is 6.20 Å². The molecule has 0 unspecified atom stereocenters. The van der Waals surface area contributed by atoms with Gasteiger partial charge in [0.1, 0.15) is 6.54 Å². The Morgan fingerprint density at radius 1 is 1.53 bits per heavy atom. The first-order chi connectivity index (χ1) is 6.68. The fourth-order valence-electron chi connectivity index (χ4n) is 0.800. The monoisotopic (exact) mass is 273 g/mol. The van der Waals surface area contributed by atoms with Gasteiger partial charge >= 0.3 is 0 Å². The zero-order chi connectivity index (χ0) is 10.4. The molecule has 6 nitrogen and oxygen atoms in total. The highest BCUT2D eigenvalue weighted by Gasteiger charge is 1.99. The molecule has 0 radical (unpaired) electrons. The van der Waals surface area contributed by atoms with Crippen molar-refractivity contribution in [2.45, 2.75) is 0 Å². The van der Waals surface area contributed by atoms with Gasteiger partial charge in [-0.3, -0.25) is 9.78 Å². The Hall–Kier alpha value is -1.63. The van der Waals surface area contributed by atoms with Crippen molar-refractivity contribution < 1.29 is 4.79 Å². The first-order valence-corrected chi connectivity index (χ1v) is 3.94. The maximum Gasteiger partial charge on any atom is 0.246 e. The van der Waals surface area contributed by atoms with Gasteiger partial charge in [-0.1, -0.05) is 0 Å². The number of nitrogens with two attached hydrogens (primary N) is 2. The first-order valence-electron chi connectivity index (χ1n) is 3.94. The lowest BCUT2D eigenvalue weighted by molar-refractivity contribution is -0.114. The van der Waals surface area contributed by atoms with Crippen molar-refractivity contribution in [2.75, 3.05) is 11.9 Å². The van der Waals surface area contributed by atoms with E-state index in [-0.39, 0.29) is 35.4 Å². The summed E-state index contributed by atoms with van der Waals surface area (Å²) >= 11 is 0. The average molecular weight is 274 g/mol. The van der Waals surface area contributed by atoms with Crippen molar-refractivity contribution in [3.8, 4) is 0 Å². The number of hydrogen-bond donors (Lipinski definition) is 3. The Bertz CT molecular complexity index is 336. The molecule has 0 aromatic carbocycles. The molecule has 0 saturated carbocycles. The second-order valence-electron chi connectivity index (χ2n) is 2.53. The molecule has 1 aromatic rings. The zero-order valence-electron chi connectivity index (χ0n) is 7.88. The van der Waals surface area contributed by atoms with Gasteiger partial charge in [0.2, 0.25) is 5.91 Å². The van der Waals surface area contributed by atoms with Crippen molar-refractivity contribution in [2.24, 2.45) is 16.5 Å². The van der Waals surface area contributed by atoms with Gasteiger partial charge in [0, 0.05) is 6.20 Å². The van der Waals surface area contributed by atoms with Crippen LogP contribution in [-0.4, -0.2) is 23.4 Å². The number of amides is 1. The van der Waals surface area contributed by atoms with Crippen molar-refractivity contribution in [3.63, 3.8) is 0 Å². The number of nitrogens with zero attached hydrogens (tertiary/aromatic N) is 2. The summed E-state index contributed by atoms with van der Waals surface area (Å²) < 4.78 is 0. The molecule has 0 aliphatic rings. The molecule has 0 bridgehead atoms. The predicted molar refractivity (Wildman–Crippen MR) is 63.9 cm³/mol. The van der Waals surface area contributed by atoms with Gasteiger partial charge < -0.3 is 16.8 Å². The van der Waals surface area contributed by atoms with E-state index in [4.69, 9.17) is 11.5 Å². The quantitative estimate of drug-likeness (QED) is 0.527. The molecule has 0 aliphatic carbocycles. The number of rotatable bonds is 3. The molecule has 1 rings (SSSR count). The van der Waals surface area contributed by atoms with Gasteiger partial charge in [-0.25, -0.2) is 4.99 Å². The highest BCUT2D eigenvalue weighted by atomic mass is 79.9. The second-order valence-corrected chi connectivity index (χ2v) is 2.53. The summed E-state index contributed by atoms with van der Waals surface area (Å²) in [5.41, 5.74) is 10.8. The van der Waals surface area contributed by atoms with E-state index in [1.54, 1.807) is 18.3 Å². The molecule has 0 atom stereocenters. The van der Waals surface area contributed by atoms with Crippen LogP contribution in [0.2, 0.25) is 0 Å². The lowest BCUT2D eigenvalue weighted by Gasteiger charge is -2.01. The van der Waals surface area contributed by atoms with Gasteiger partial charge in [-0.15, -0.1) is 17.0 Å². The Morgan fingerprint density at radius 2 is 2.27 bits per heavy atom. The van der Waals surface area contributed by atoms with Crippen LogP contribution in [0.5, 0.6) is 0 Å². The average Bonchev–Trinajstić information content (AvgIpc) is 2.16. The van der Waals surface area contributed by atoms with Crippen molar-refractivity contribution in [1.82, 2.24) is 4.98 Å². The van der Waals surface area contributed by atoms with Gasteiger partial charge in [0.25, 0.3) is 0 Å². The number of nitrogens with one attached hydrogen (secondary N) is 1. The standard InChI is InChI=1S/C8H11N5O.BrH/c9-8(10)12-5-7(14)13-6-2-1-3-11-4-6;/h1-4H,5H2,(H,13,14)(H4,9,10,12);1H. The molecule has 1 aromatic heterocycles. The van der Waals surface area contributed by atoms with Gasteiger partial charge in [0.15, 0.2) is 5.96 Å². The molecule has 82 valence electrons. The third kappa shape index (κ3) is 5.63. The largest absolute Gasteiger partial charge is 0.370 e. The van der Waals surface area contributed by atoms with E-state index in [0.29, 0.717) is 5.69 Å². The Balaban J connectivity index is 0.00000196. The van der Waals surface area contributed by atoms with Crippen molar-refractivity contribution in [1.29, 1.82) is 0 Å². The highest BCUT2D eigenvalue weighted by molar-refractivity contribution is 8.93. The number of halogens is 1. The third-order valence-corrected chi connectivity index (χ3v) is 1.35. The van der Waals surface area contributed by atoms with Crippen LogP contribution in [0.1, 0.15) is 0 Å². The van der Waals surface area contributed by atoms with Crippen LogP contribution in [0.25, 0.3) is 0 Å². The summed E-state index contributed by atoms with van der Waals surface area (Å²) in [6, 6.07) is 3.44. The number of aromatic nitrogens is 1. The van der Waals surface area contributed by atoms with Crippen LogP contribution in [0, 0.1) is 0 Å². The summed E-state index contributed by atoms with van der Waals surface area (Å²) in [4.78, 5) is 18.6. The fraction of sp³-hybridized carbons (Fsp3) is 0.125. The SMILES string of the molecule is Br.NC(N)=NCC(=O)Nc1cccnc1. The van der Waals surface area contributed by atoms with Crippen molar-refractivity contribution in [3.05, 3.63) is 24.5 Å². The minimum atomic E-state index is -0.286. The second kappa shape index (κ2) is 6.77. The third-order valence-electron chi connectivity index (χ3n) is 1.35. The Labute approximate surface area is 97.5 Å². The fourth-order valence-corrected chi connectivity index (χ4v) is 0.800. The van der Waals surface area contributed by atoms with E-state index in [9.17, 15) is 4.79 Å². The summed E-state index contributed by atoms with van der Waals surface area (Å²) in [6.07, 6.45) is 3.15. The Morgan fingerprint density at radius 3 is 2.80 bits per heavy atom. The minimum Gasteiger partial charge on any atom is -0.370 e. The summed E-state index contributed by atoms with van der Waals surface area (Å²) in [6.45, 7) is -0.0861. The maximum absolute atomic E-state index is 11.2. The molecule has 15 heavy (non-hydrogen) atoms. The molecule has 0 saturated heterocycles. The first kappa shape index (κ1) is 13.4. The maximum atomic E-state index is 11.2. The summed E-state index contributed by atoms with van der Waals surface area (Å²) in [5.74, 6) is -0.391. The minimum absolute atomic E-state index is 0. The molecular formula is C8H12BrN5O. The van der Waals surface area contributed by atoms with Crippen molar-refractivity contribution >= 4 is 34.5 Å². The van der Waals surface area contributed by atoms with E-state index < -0.39 is 0 Å². The number of guanidine groups is 1. The molecule has 5 N–H and O–H groups in total. The number of pyridine rings is 1. The number of carbonyl (C=O) groups excluding carboxylic acids is 1. The van der Waals surface area contributed by atoms with Crippen LogP contribution < -0.4 is 16.8 Å². The van der Waals surface area contributed by atoms with Gasteiger partial charge in [-0.05, 0) is 12.1 Å². The predicted octanol–water partition coefficient (Wildman–Crippen LogP) is -0.129.